The molecule has 2 N–H and O–H groups in total. The lowest BCUT2D eigenvalue weighted by Crippen LogP contribution is -2.28. The van der Waals surface area contributed by atoms with Gasteiger partial charge in [0.05, 0.1) is 5.69 Å². The molecule has 1 heterocycles. The van der Waals surface area contributed by atoms with E-state index in [-0.39, 0.29) is 11.7 Å². The number of hydrogen-bond donors (Lipinski definition) is 2. The zero-order valence-electron chi connectivity index (χ0n) is 18.9. The second kappa shape index (κ2) is 11.0. The zero-order valence-corrected chi connectivity index (χ0v) is 18.9. The van der Waals surface area contributed by atoms with Crippen LogP contribution in [0.2, 0.25) is 0 Å². The first-order chi connectivity index (χ1) is 16.6. The average Bonchev–Trinajstić information content (AvgIpc) is 2.88. The molecule has 0 unspecified atom stereocenters. The standard InChI is InChI=1S/C27H26FN5O/c1-33(24-6-3-2-4-7-24)17-5-16-29-27(34)21-10-14-23(15-11-21)32-26-18-25(30-19-31-26)20-8-12-22(28)13-9-20/h2-4,6-15,18-19H,5,16-17H2,1H3,(H,29,34)(H,30,31,32). The van der Waals surface area contributed by atoms with Crippen molar-refractivity contribution in [1.82, 2.24) is 15.3 Å². The van der Waals surface area contributed by atoms with Crippen molar-refractivity contribution in [3.63, 3.8) is 0 Å². The summed E-state index contributed by atoms with van der Waals surface area (Å²) >= 11 is 0. The number of anilines is 3. The van der Waals surface area contributed by atoms with E-state index in [1.807, 2.05) is 37.4 Å². The molecule has 0 radical (unpaired) electrons. The van der Waals surface area contributed by atoms with Gasteiger partial charge in [-0.05, 0) is 67.1 Å². The minimum absolute atomic E-state index is 0.102. The topological polar surface area (TPSA) is 70.2 Å². The Kier molecular flexibility index (Phi) is 7.45. The average molecular weight is 456 g/mol. The van der Waals surface area contributed by atoms with Crippen molar-refractivity contribution in [2.24, 2.45) is 0 Å². The fraction of sp³-hybridized carbons (Fsp3) is 0.148. The number of halogens is 1. The molecule has 3 aromatic carbocycles. The molecule has 0 saturated carbocycles. The Labute approximate surface area is 198 Å². The first-order valence-electron chi connectivity index (χ1n) is 11.1. The minimum Gasteiger partial charge on any atom is -0.375 e. The monoisotopic (exact) mass is 455 g/mol. The third-order valence-corrected chi connectivity index (χ3v) is 5.38. The molecule has 0 bridgehead atoms. The number of nitrogens with one attached hydrogen (secondary N) is 2. The molecule has 0 saturated heterocycles. The van der Waals surface area contributed by atoms with Crippen molar-refractivity contribution in [1.29, 1.82) is 0 Å². The van der Waals surface area contributed by atoms with Crippen LogP contribution >= 0.6 is 0 Å². The molecular formula is C27H26FN5O. The van der Waals surface area contributed by atoms with Crippen LogP contribution in [0.15, 0.2) is 91.3 Å². The van der Waals surface area contributed by atoms with Crippen molar-refractivity contribution >= 4 is 23.1 Å². The van der Waals surface area contributed by atoms with Gasteiger partial charge in [0.2, 0.25) is 0 Å². The van der Waals surface area contributed by atoms with E-state index in [0.29, 0.717) is 23.6 Å². The van der Waals surface area contributed by atoms with Crippen LogP contribution in [0.25, 0.3) is 11.3 Å². The number of hydrogen-bond acceptors (Lipinski definition) is 5. The molecule has 1 aromatic heterocycles. The van der Waals surface area contributed by atoms with E-state index in [9.17, 15) is 9.18 Å². The summed E-state index contributed by atoms with van der Waals surface area (Å²) in [6.45, 7) is 1.45. The summed E-state index contributed by atoms with van der Waals surface area (Å²) in [6, 6.07) is 25.3. The molecule has 7 heteroatoms. The predicted molar refractivity (Wildman–Crippen MR) is 134 cm³/mol. The van der Waals surface area contributed by atoms with E-state index >= 15 is 0 Å². The zero-order chi connectivity index (χ0) is 23.8. The van der Waals surface area contributed by atoms with Gasteiger partial charge in [0.15, 0.2) is 0 Å². The maximum Gasteiger partial charge on any atom is 0.251 e. The van der Waals surface area contributed by atoms with Crippen LogP contribution in [0, 0.1) is 5.82 Å². The maximum atomic E-state index is 13.2. The van der Waals surface area contributed by atoms with Gasteiger partial charge in [-0.25, -0.2) is 14.4 Å². The number of para-hydroxylation sites is 1. The summed E-state index contributed by atoms with van der Waals surface area (Å²) in [5, 5.41) is 6.18. The molecule has 172 valence electrons. The highest BCUT2D eigenvalue weighted by atomic mass is 19.1. The number of carbonyl (C=O) groups is 1. The van der Waals surface area contributed by atoms with Crippen molar-refractivity contribution in [3.8, 4) is 11.3 Å². The molecule has 4 rings (SSSR count). The molecule has 0 spiro atoms. The van der Waals surface area contributed by atoms with Crippen LogP contribution in [0.1, 0.15) is 16.8 Å². The Morgan fingerprint density at radius 1 is 0.941 bits per heavy atom. The summed E-state index contributed by atoms with van der Waals surface area (Å²) in [7, 11) is 2.04. The number of rotatable bonds is 9. The Morgan fingerprint density at radius 2 is 1.68 bits per heavy atom. The second-order valence-electron chi connectivity index (χ2n) is 7.86. The van der Waals surface area contributed by atoms with E-state index in [0.717, 1.165) is 29.9 Å². The van der Waals surface area contributed by atoms with E-state index in [4.69, 9.17) is 0 Å². The summed E-state index contributed by atoms with van der Waals surface area (Å²) in [5.74, 6) is 0.211. The molecule has 0 aliphatic rings. The molecule has 0 fully saturated rings. The molecule has 6 nitrogen and oxygen atoms in total. The van der Waals surface area contributed by atoms with Crippen molar-refractivity contribution in [3.05, 3.63) is 103 Å². The second-order valence-corrected chi connectivity index (χ2v) is 7.86. The Bertz CT molecular complexity index is 1210. The van der Waals surface area contributed by atoms with Gasteiger partial charge in [0, 0.05) is 48.7 Å². The fourth-order valence-electron chi connectivity index (χ4n) is 3.49. The lowest BCUT2D eigenvalue weighted by molar-refractivity contribution is 0.0953. The van der Waals surface area contributed by atoms with Gasteiger partial charge in [-0.1, -0.05) is 18.2 Å². The highest BCUT2D eigenvalue weighted by Gasteiger charge is 2.07. The molecule has 0 aliphatic heterocycles. The first-order valence-corrected chi connectivity index (χ1v) is 11.1. The normalized spacial score (nSPS) is 10.5. The predicted octanol–water partition coefficient (Wildman–Crippen LogP) is 5.28. The van der Waals surface area contributed by atoms with Gasteiger partial charge < -0.3 is 15.5 Å². The molecule has 4 aromatic rings. The quantitative estimate of drug-likeness (QED) is 0.336. The molecule has 0 atom stereocenters. The van der Waals surface area contributed by atoms with Crippen LogP contribution < -0.4 is 15.5 Å². The fourth-order valence-corrected chi connectivity index (χ4v) is 3.49. The van der Waals surface area contributed by atoms with Gasteiger partial charge in [0.25, 0.3) is 5.91 Å². The molecule has 0 aliphatic carbocycles. The van der Waals surface area contributed by atoms with Crippen LogP contribution in [-0.4, -0.2) is 36.0 Å². The number of nitrogens with zero attached hydrogens (tertiary/aromatic N) is 3. The van der Waals surface area contributed by atoms with Crippen molar-refractivity contribution < 1.29 is 9.18 Å². The number of amides is 1. The molecule has 34 heavy (non-hydrogen) atoms. The summed E-state index contributed by atoms with van der Waals surface area (Å²) in [6.07, 6.45) is 2.30. The summed E-state index contributed by atoms with van der Waals surface area (Å²) in [4.78, 5) is 23.1. The van der Waals surface area contributed by atoms with E-state index in [1.165, 1.54) is 18.5 Å². The SMILES string of the molecule is CN(CCCNC(=O)c1ccc(Nc2cc(-c3ccc(F)cc3)ncn2)cc1)c1ccccc1. The summed E-state index contributed by atoms with van der Waals surface area (Å²) in [5.41, 5.74) is 4.03. The van der Waals surface area contributed by atoms with E-state index in [2.05, 4.69) is 37.6 Å². The lowest BCUT2D eigenvalue weighted by atomic mass is 10.1. The van der Waals surface area contributed by atoms with Crippen molar-refractivity contribution in [2.45, 2.75) is 6.42 Å². The van der Waals surface area contributed by atoms with Crippen LogP contribution in [0.5, 0.6) is 0 Å². The van der Waals surface area contributed by atoms with Gasteiger partial charge >= 0.3 is 0 Å². The number of aromatic nitrogens is 2. The Morgan fingerprint density at radius 3 is 2.41 bits per heavy atom. The van der Waals surface area contributed by atoms with Gasteiger partial charge in [-0.3, -0.25) is 4.79 Å². The smallest absolute Gasteiger partial charge is 0.251 e. The van der Waals surface area contributed by atoms with E-state index in [1.54, 1.807) is 30.3 Å². The molecule has 1 amide bonds. The Balaban J connectivity index is 1.28. The maximum absolute atomic E-state index is 13.2. The largest absolute Gasteiger partial charge is 0.375 e. The highest BCUT2D eigenvalue weighted by molar-refractivity contribution is 5.94. The third kappa shape index (κ3) is 6.16. The van der Waals surface area contributed by atoms with Crippen LogP contribution in [-0.2, 0) is 0 Å². The first kappa shape index (κ1) is 22.9. The number of carbonyl (C=O) groups excluding carboxylic acids is 1. The lowest BCUT2D eigenvalue weighted by Gasteiger charge is -2.19. The van der Waals surface area contributed by atoms with Gasteiger partial charge in [0.1, 0.15) is 18.0 Å². The van der Waals surface area contributed by atoms with Gasteiger partial charge in [-0.2, -0.15) is 0 Å². The van der Waals surface area contributed by atoms with Crippen LogP contribution in [0.3, 0.4) is 0 Å². The van der Waals surface area contributed by atoms with E-state index < -0.39 is 0 Å². The molecular weight excluding hydrogens is 429 g/mol. The van der Waals surface area contributed by atoms with Crippen molar-refractivity contribution in [2.75, 3.05) is 30.4 Å². The third-order valence-electron chi connectivity index (χ3n) is 5.38. The van der Waals surface area contributed by atoms with Crippen LogP contribution in [0.4, 0.5) is 21.6 Å². The summed E-state index contributed by atoms with van der Waals surface area (Å²) < 4.78 is 13.2. The Hall–Kier alpha value is -4.26. The number of benzene rings is 3. The highest BCUT2D eigenvalue weighted by Crippen LogP contribution is 2.21. The minimum atomic E-state index is -0.292. The van der Waals surface area contributed by atoms with Gasteiger partial charge in [-0.15, -0.1) is 0 Å².